The minimum Gasteiger partial charge on any atom is -0.492 e. The van der Waals surface area contributed by atoms with Crippen molar-refractivity contribution < 1.29 is 9.53 Å². The predicted molar refractivity (Wildman–Crippen MR) is 87.7 cm³/mol. The number of halogens is 2. The Morgan fingerprint density at radius 2 is 2.26 bits per heavy atom. The molecule has 0 bridgehead atoms. The van der Waals surface area contributed by atoms with Crippen LogP contribution in [-0.2, 0) is 11.3 Å². The van der Waals surface area contributed by atoms with Crippen LogP contribution in [0.2, 0.25) is 0 Å². The molecule has 1 N–H and O–H groups in total. The zero-order valence-corrected chi connectivity index (χ0v) is 14.0. The average Bonchev–Trinajstić information content (AvgIpc) is 2.87. The molecule has 1 heterocycles. The summed E-state index contributed by atoms with van der Waals surface area (Å²) in [5, 5.41) is 6.82. The Balaban J connectivity index is 1.56. The molecule has 0 spiro atoms. The van der Waals surface area contributed by atoms with E-state index in [-0.39, 0.29) is 5.91 Å². The van der Waals surface area contributed by atoms with Gasteiger partial charge in [0.25, 0.3) is 0 Å². The molecule has 6 nitrogen and oxygen atoms in total. The number of ether oxygens (including phenoxy) is 1. The fourth-order valence-electron chi connectivity index (χ4n) is 2.18. The molecule has 3 rings (SSSR count). The summed E-state index contributed by atoms with van der Waals surface area (Å²) in [5.41, 5.74) is -0.106. The summed E-state index contributed by atoms with van der Waals surface area (Å²) in [6, 6.07) is 7.18. The quantitative estimate of drug-likeness (QED) is 0.809. The van der Waals surface area contributed by atoms with Crippen molar-refractivity contribution in [3.05, 3.63) is 36.9 Å². The van der Waals surface area contributed by atoms with Crippen LogP contribution in [0.4, 0.5) is 5.69 Å². The first kappa shape index (κ1) is 16.1. The smallest absolute Gasteiger partial charge is 0.233 e. The molecule has 0 unspecified atom stereocenters. The lowest BCUT2D eigenvalue weighted by Gasteiger charge is -2.13. The zero-order valence-electron chi connectivity index (χ0n) is 12.5. The minimum atomic E-state index is -0.983. The number of hydrogen-bond acceptors (Lipinski definition) is 4. The van der Waals surface area contributed by atoms with Gasteiger partial charge in [0.05, 0.1) is 12.0 Å². The van der Waals surface area contributed by atoms with Gasteiger partial charge in [-0.1, -0.05) is 6.07 Å². The summed E-state index contributed by atoms with van der Waals surface area (Å²) in [7, 11) is 0. The molecule has 0 saturated heterocycles. The average molecular weight is 355 g/mol. The van der Waals surface area contributed by atoms with Gasteiger partial charge in [0.2, 0.25) is 5.91 Å². The van der Waals surface area contributed by atoms with E-state index in [0.717, 1.165) is 0 Å². The monoisotopic (exact) mass is 354 g/mol. The van der Waals surface area contributed by atoms with Crippen molar-refractivity contribution in [1.29, 1.82) is 0 Å². The Hall–Kier alpha value is -1.79. The number of rotatable bonds is 6. The third-order valence-electron chi connectivity index (χ3n) is 3.91. The molecule has 0 radical (unpaired) electrons. The third-order valence-corrected chi connectivity index (χ3v) is 5.01. The minimum absolute atomic E-state index is 0.192. The Morgan fingerprint density at radius 1 is 1.48 bits per heavy atom. The second kappa shape index (κ2) is 6.02. The maximum atomic E-state index is 12.3. The fraction of sp³-hybridized carbons (Fsp3) is 0.400. The Morgan fingerprint density at radius 3 is 2.91 bits per heavy atom. The Labute approximate surface area is 143 Å². The fourth-order valence-corrected chi connectivity index (χ4v) is 2.89. The molecule has 1 saturated carbocycles. The van der Waals surface area contributed by atoms with E-state index in [0.29, 0.717) is 31.0 Å². The van der Waals surface area contributed by atoms with E-state index in [9.17, 15) is 4.79 Å². The lowest BCUT2D eigenvalue weighted by molar-refractivity contribution is -0.120. The summed E-state index contributed by atoms with van der Waals surface area (Å²) >= 11 is 12.0. The van der Waals surface area contributed by atoms with Gasteiger partial charge < -0.3 is 10.1 Å². The molecule has 1 fully saturated rings. The number of nitrogens with zero attached hydrogens (tertiary/aromatic N) is 3. The molecule has 1 aliphatic rings. The molecule has 1 aliphatic carbocycles. The number of carbonyl (C=O) groups is 1. The van der Waals surface area contributed by atoms with E-state index < -0.39 is 9.75 Å². The molecule has 2 aromatic rings. The second-order valence-corrected chi connectivity index (χ2v) is 7.19. The van der Waals surface area contributed by atoms with Crippen LogP contribution in [0.3, 0.4) is 0 Å². The van der Waals surface area contributed by atoms with E-state index in [1.807, 2.05) is 12.1 Å². The zero-order chi connectivity index (χ0) is 16.5. The third kappa shape index (κ3) is 3.43. The molecule has 1 amide bonds. The van der Waals surface area contributed by atoms with Crippen molar-refractivity contribution in [2.75, 3.05) is 11.9 Å². The van der Waals surface area contributed by atoms with Crippen LogP contribution in [0.1, 0.15) is 13.3 Å². The molecule has 0 aliphatic heterocycles. The summed E-state index contributed by atoms with van der Waals surface area (Å²) in [5.74, 6) is 0.467. The van der Waals surface area contributed by atoms with Crippen molar-refractivity contribution in [2.45, 2.75) is 24.2 Å². The molecule has 122 valence electrons. The molecule has 23 heavy (non-hydrogen) atoms. The first-order chi connectivity index (χ1) is 10.9. The topological polar surface area (TPSA) is 69.0 Å². The summed E-state index contributed by atoms with van der Waals surface area (Å²) in [4.78, 5) is 16.1. The predicted octanol–water partition coefficient (Wildman–Crippen LogP) is 2.88. The Bertz CT molecular complexity index is 705. The normalized spacial score (nSPS) is 21.7. The van der Waals surface area contributed by atoms with Crippen LogP contribution < -0.4 is 10.1 Å². The van der Waals surface area contributed by atoms with Gasteiger partial charge >= 0.3 is 0 Å². The van der Waals surface area contributed by atoms with Crippen molar-refractivity contribution in [3.8, 4) is 5.75 Å². The summed E-state index contributed by atoms with van der Waals surface area (Å²) in [6.07, 6.45) is 3.55. The number of hydrogen-bond donors (Lipinski definition) is 1. The van der Waals surface area contributed by atoms with Crippen LogP contribution in [0, 0.1) is 5.41 Å². The van der Waals surface area contributed by atoms with Crippen molar-refractivity contribution >= 4 is 34.8 Å². The highest BCUT2D eigenvalue weighted by Gasteiger charge is 2.67. The molecule has 8 heteroatoms. The summed E-state index contributed by atoms with van der Waals surface area (Å²) < 4.78 is 6.35. The highest BCUT2D eigenvalue weighted by atomic mass is 35.5. The number of carbonyl (C=O) groups excluding carboxylic acids is 1. The number of amides is 1. The molecular weight excluding hydrogens is 339 g/mol. The number of benzene rings is 1. The van der Waals surface area contributed by atoms with E-state index in [1.165, 1.54) is 6.33 Å². The number of aromatic nitrogens is 3. The van der Waals surface area contributed by atoms with Crippen LogP contribution in [0.5, 0.6) is 5.75 Å². The van der Waals surface area contributed by atoms with Gasteiger partial charge in [0, 0.05) is 11.8 Å². The van der Waals surface area contributed by atoms with Gasteiger partial charge in [-0.3, -0.25) is 4.79 Å². The van der Waals surface area contributed by atoms with Gasteiger partial charge in [0.15, 0.2) is 0 Å². The second-order valence-electron chi connectivity index (χ2n) is 5.70. The largest absolute Gasteiger partial charge is 0.492 e. The molecule has 1 atom stereocenters. The van der Waals surface area contributed by atoms with Crippen molar-refractivity contribution in [3.63, 3.8) is 0 Å². The van der Waals surface area contributed by atoms with Crippen LogP contribution in [0.15, 0.2) is 36.9 Å². The van der Waals surface area contributed by atoms with E-state index >= 15 is 0 Å². The summed E-state index contributed by atoms with van der Waals surface area (Å²) in [6.45, 7) is 2.79. The van der Waals surface area contributed by atoms with Crippen molar-refractivity contribution in [2.24, 2.45) is 5.41 Å². The first-order valence-electron chi connectivity index (χ1n) is 7.15. The van der Waals surface area contributed by atoms with E-state index in [1.54, 1.807) is 30.1 Å². The van der Waals surface area contributed by atoms with Crippen molar-refractivity contribution in [1.82, 2.24) is 14.8 Å². The standard InChI is InChI=1S/C15H16Cl2N4O2/c1-14(8-15(14,16)17)13(22)20-11-3-2-4-12(7-11)23-6-5-21-10-18-9-19-21/h2-4,7,9-10H,5-6,8H2,1H3,(H,20,22)/t14-/m1/s1. The maximum absolute atomic E-state index is 12.3. The highest BCUT2D eigenvalue weighted by Crippen LogP contribution is 2.64. The van der Waals surface area contributed by atoms with Gasteiger partial charge in [-0.15, -0.1) is 23.2 Å². The Kier molecular flexibility index (Phi) is 4.21. The number of alkyl halides is 2. The lowest BCUT2D eigenvalue weighted by Crippen LogP contribution is -2.25. The van der Waals surface area contributed by atoms with Gasteiger partial charge in [-0.25, -0.2) is 9.67 Å². The van der Waals surface area contributed by atoms with Crippen LogP contribution in [-0.4, -0.2) is 31.6 Å². The number of nitrogens with one attached hydrogen (secondary N) is 1. The van der Waals surface area contributed by atoms with Crippen LogP contribution in [0.25, 0.3) is 0 Å². The van der Waals surface area contributed by atoms with E-state index in [4.69, 9.17) is 27.9 Å². The number of anilines is 1. The first-order valence-corrected chi connectivity index (χ1v) is 7.91. The van der Waals surface area contributed by atoms with Gasteiger partial charge in [0.1, 0.15) is 29.3 Å². The maximum Gasteiger partial charge on any atom is 0.233 e. The van der Waals surface area contributed by atoms with Gasteiger partial charge in [-0.05, 0) is 25.5 Å². The SMILES string of the molecule is C[C@]1(C(=O)Nc2cccc(OCCn3cncn3)c2)CC1(Cl)Cl. The van der Waals surface area contributed by atoms with Gasteiger partial charge in [-0.2, -0.15) is 5.10 Å². The highest BCUT2D eigenvalue weighted by molar-refractivity contribution is 6.53. The molecule has 1 aromatic heterocycles. The van der Waals surface area contributed by atoms with E-state index in [2.05, 4.69) is 15.4 Å². The lowest BCUT2D eigenvalue weighted by atomic mass is 10.1. The molecule has 1 aromatic carbocycles. The van der Waals surface area contributed by atoms with Crippen LogP contribution >= 0.6 is 23.2 Å². The molecular formula is C15H16Cl2N4O2.